The molecule has 1 aromatic heterocycles. The van der Waals surface area contributed by atoms with Gasteiger partial charge in [-0.1, -0.05) is 24.3 Å². The molecule has 1 aliphatic carbocycles. The largest absolute Gasteiger partial charge is 0.289 e. The molecular formula is C13H8O3S2. The summed E-state index contributed by atoms with van der Waals surface area (Å²) in [6.07, 6.45) is 3.80. The van der Waals surface area contributed by atoms with Crippen LogP contribution in [0.4, 0.5) is 0 Å². The molecule has 1 aromatic carbocycles. The lowest BCUT2D eigenvalue weighted by atomic mass is 10.0. The Morgan fingerprint density at radius 3 is 2.72 bits per heavy atom. The summed E-state index contributed by atoms with van der Waals surface area (Å²) in [6, 6.07) is 7.26. The molecule has 18 heavy (non-hydrogen) atoms. The first kappa shape index (κ1) is 11.4. The number of hydrogen-bond acceptors (Lipinski definition) is 4. The van der Waals surface area contributed by atoms with Gasteiger partial charge in [0.15, 0.2) is 5.43 Å². The van der Waals surface area contributed by atoms with Crippen LogP contribution >= 0.6 is 11.3 Å². The summed E-state index contributed by atoms with van der Waals surface area (Å²) in [5, 5.41) is 0.642. The molecule has 0 saturated heterocycles. The first-order valence-corrected chi connectivity index (χ1v) is 7.25. The monoisotopic (exact) mass is 276 g/mol. The van der Waals surface area contributed by atoms with Crippen LogP contribution < -0.4 is 5.43 Å². The third-order valence-corrected chi connectivity index (χ3v) is 5.02. The van der Waals surface area contributed by atoms with Gasteiger partial charge in [-0.3, -0.25) is 4.79 Å². The number of rotatable bonds is 0. The molecule has 90 valence electrons. The summed E-state index contributed by atoms with van der Waals surface area (Å²) in [4.78, 5) is 13.2. The second-order valence-corrected chi connectivity index (χ2v) is 5.95. The molecule has 0 spiro atoms. The maximum Gasteiger partial charge on any atom is 0.219 e. The maximum absolute atomic E-state index is 12.3. The van der Waals surface area contributed by atoms with E-state index in [0.717, 1.165) is 4.70 Å². The van der Waals surface area contributed by atoms with Crippen LogP contribution in [0.3, 0.4) is 0 Å². The van der Waals surface area contributed by atoms with Gasteiger partial charge in [0.1, 0.15) is 0 Å². The third-order valence-electron chi connectivity index (χ3n) is 2.88. The minimum absolute atomic E-state index is 0.0988. The minimum atomic E-state index is -2.28. The lowest BCUT2D eigenvalue weighted by Crippen LogP contribution is -2.15. The van der Waals surface area contributed by atoms with Crippen molar-refractivity contribution in [3.63, 3.8) is 0 Å². The molecule has 0 atom stereocenters. The number of hydrogen-bond donors (Lipinski definition) is 0. The fourth-order valence-electron chi connectivity index (χ4n) is 2.04. The zero-order valence-electron chi connectivity index (χ0n) is 9.21. The molecular weight excluding hydrogens is 268 g/mol. The van der Waals surface area contributed by atoms with Gasteiger partial charge >= 0.3 is 0 Å². The van der Waals surface area contributed by atoms with E-state index in [0.29, 0.717) is 27.1 Å². The average molecular weight is 276 g/mol. The van der Waals surface area contributed by atoms with E-state index in [1.807, 2.05) is 18.2 Å². The van der Waals surface area contributed by atoms with E-state index in [4.69, 9.17) is 0 Å². The summed E-state index contributed by atoms with van der Waals surface area (Å²) in [5.74, 6) is 0. The molecule has 0 radical (unpaired) electrons. The van der Waals surface area contributed by atoms with Crippen molar-refractivity contribution in [1.82, 2.24) is 0 Å². The highest BCUT2D eigenvalue weighted by molar-refractivity contribution is 7.74. The summed E-state index contributed by atoms with van der Waals surface area (Å²) in [7, 11) is -2.28. The molecule has 3 nitrogen and oxygen atoms in total. The molecule has 3 rings (SSSR count). The molecule has 0 bridgehead atoms. The van der Waals surface area contributed by atoms with Crippen molar-refractivity contribution >= 4 is 42.7 Å². The van der Waals surface area contributed by atoms with E-state index >= 15 is 0 Å². The van der Waals surface area contributed by atoms with Gasteiger partial charge < -0.3 is 0 Å². The van der Waals surface area contributed by atoms with E-state index in [2.05, 4.69) is 0 Å². The highest BCUT2D eigenvalue weighted by Crippen LogP contribution is 2.26. The van der Waals surface area contributed by atoms with E-state index < -0.39 is 10.3 Å². The SMILES string of the molecule is O=c1c2c(sc3ccccc13)C(=S(=O)=O)CC=C2. The van der Waals surface area contributed by atoms with Gasteiger partial charge in [-0.25, -0.2) is 0 Å². The van der Waals surface area contributed by atoms with E-state index in [1.54, 1.807) is 18.2 Å². The standard InChI is InChI=1S/C13H8O3S2/c14-12-8-4-1-2-6-10(8)17-13-9(12)5-3-7-11(13)18(15)16/h1-6H,7H2. The second-order valence-electron chi connectivity index (χ2n) is 3.93. The highest BCUT2D eigenvalue weighted by Gasteiger charge is 2.18. The topological polar surface area (TPSA) is 51.2 Å². The van der Waals surface area contributed by atoms with Crippen molar-refractivity contribution < 1.29 is 8.42 Å². The molecule has 0 amide bonds. The minimum Gasteiger partial charge on any atom is -0.289 e. The number of allylic oxidation sites excluding steroid dienone is 1. The second kappa shape index (κ2) is 4.19. The zero-order chi connectivity index (χ0) is 12.7. The fraction of sp³-hybridized carbons (Fsp3) is 0.0769. The van der Waals surface area contributed by atoms with Crippen LogP contribution in [0.1, 0.15) is 16.9 Å². The van der Waals surface area contributed by atoms with E-state index in [9.17, 15) is 13.2 Å². The quantitative estimate of drug-likeness (QED) is 0.692. The van der Waals surface area contributed by atoms with Crippen molar-refractivity contribution in [1.29, 1.82) is 0 Å². The fourth-order valence-corrected chi connectivity index (χ4v) is 3.96. The van der Waals surface area contributed by atoms with Crippen LogP contribution in [-0.2, 0) is 10.3 Å². The van der Waals surface area contributed by atoms with Gasteiger partial charge in [-0.05, 0) is 12.1 Å². The van der Waals surface area contributed by atoms with Crippen molar-refractivity contribution in [2.75, 3.05) is 0 Å². The lowest BCUT2D eigenvalue weighted by Gasteiger charge is -2.10. The summed E-state index contributed by atoms with van der Waals surface area (Å²) in [6.45, 7) is 0. The van der Waals surface area contributed by atoms with Gasteiger partial charge in [-0.2, -0.15) is 8.42 Å². The maximum atomic E-state index is 12.3. The highest BCUT2D eigenvalue weighted by atomic mass is 32.2. The van der Waals surface area contributed by atoms with E-state index in [1.165, 1.54) is 11.3 Å². The van der Waals surface area contributed by atoms with E-state index in [-0.39, 0.29) is 5.43 Å². The molecule has 1 aliphatic rings. The smallest absolute Gasteiger partial charge is 0.219 e. The van der Waals surface area contributed by atoms with Gasteiger partial charge in [0.25, 0.3) is 0 Å². The predicted octanol–water partition coefficient (Wildman–Crippen LogP) is 2.08. The van der Waals surface area contributed by atoms with Crippen LogP contribution in [0.25, 0.3) is 16.2 Å². The molecule has 0 aliphatic heterocycles. The first-order chi connectivity index (χ1) is 8.68. The van der Waals surface area contributed by atoms with Gasteiger partial charge in [0, 0.05) is 22.1 Å². The summed E-state index contributed by atoms with van der Waals surface area (Å²) >= 11 is 1.36. The number of fused-ring (bicyclic) bond motifs is 2. The lowest BCUT2D eigenvalue weighted by molar-refractivity contribution is 0.627. The molecule has 0 unspecified atom stereocenters. The van der Waals surface area contributed by atoms with Crippen LogP contribution in [-0.4, -0.2) is 13.3 Å². The third kappa shape index (κ3) is 1.63. The summed E-state index contributed by atoms with van der Waals surface area (Å²) < 4.78 is 23.2. The molecule has 1 heterocycles. The molecule has 0 saturated carbocycles. The number of benzene rings is 1. The molecule has 0 N–H and O–H groups in total. The van der Waals surface area contributed by atoms with Gasteiger partial charge in [-0.15, -0.1) is 11.3 Å². The van der Waals surface area contributed by atoms with Crippen LogP contribution in [0.2, 0.25) is 0 Å². The Bertz CT molecular complexity index is 863. The zero-order valence-corrected chi connectivity index (χ0v) is 10.8. The van der Waals surface area contributed by atoms with Gasteiger partial charge in [0.2, 0.25) is 10.3 Å². The Hall–Kier alpha value is -1.72. The first-order valence-electron chi connectivity index (χ1n) is 5.36. The Morgan fingerprint density at radius 2 is 1.94 bits per heavy atom. The Labute approximate surface area is 109 Å². The average Bonchev–Trinajstić information content (AvgIpc) is 2.38. The molecule has 0 fully saturated rings. The normalized spacial score (nSPS) is 13.7. The molecule has 5 heteroatoms. The van der Waals surface area contributed by atoms with Crippen LogP contribution in [0.5, 0.6) is 0 Å². The van der Waals surface area contributed by atoms with Crippen molar-refractivity contribution in [3.05, 3.63) is 51.0 Å². The van der Waals surface area contributed by atoms with Crippen molar-refractivity contribution in [2.24, 2.45) is 0 Å². The molecule has 2 aromatic rings. The predicted molar refractivity (Wildman–Crippen MR) is 74.8 cm³/mol. The Balaban J connectivity index is 2.55. The van der Waals surface area contributed by atoms with Crippen LogP contribution in [0, 0.1) is 0 Å². The van der Waals surface area contributed by atoms with Gasteiger partial charge in [0.05, 0.1) is 9.74 Å². The van der Waals surface area contributed by atoms with Crippen LogP contribution in [0.15, 0.2) is 35.1 Å². The van der Waals surface area contributed by atoms with Crippen molar-refractivity contribution in [2.45, 2.75) is 6.42 Å². The van der Waals surface area contributed by atoms with Crippen molar-refractivity contribution in [3.8, 4) is 0 Å². The Morgan fingerprint density at radius 1 is 1.17 bits per heavy atom. The summed E-state index contributed by atoms with van der Waals surface area (Å²) in [5.41, 5.74) is 0.391. The Kier molecular flexibility index (Phi) is 2.65.